The highest BCUT2D eigenvalue weighted by molar-refractivity contribution is 5.83. The highest BCUT2D eigenvalue weighted by atomic mass is 19.1. The molecule has 0 aliphatic rings. The van der Waals surface area contributed by atoms with Crippen molar-refractivity contribution in [2.24, 2.45) is 0 Å². The molecule has 0 fully saturated rings. The van der Waals surface area contributed by atoms with E-state index in [1.165, 1.54) is 19.1 Å². The second-order valence-corrected chi connectivity index (χ2v) is 5.37. The molecule has 0 unspecified atom stereocenters. The lowest BCUT2D eigenvalue weighted by atomic mass is 9.84. The number of nitrogens with one attached hydrogen (secondary N) is 1. The van der Waals surface area contributed by atoms with Gasteiger partial charge in [-0.15, -0.1) is 0 Å². The minimum absolute atomic E-state index is 0.00736. The molecule has 0 heterocycles. The first-order chi connectivity index (χ1) is 8.81. The molecule has 1 rings (SSSR count). The molecule has 1 N–H and O–H groups in total. The molecular weight excluding hydrogens is 245 g/mol. The molecule has 0 spiro atoms. The van der Waals surface area contributed by atoms with Crippen LogP contribution in [0.5, 0.6) is 0 Å². The molecule has 1 aromatic carbocycles. The summed E-state index contributed by atoms with van der Waals surface area (Å²) >= 11 is 0. The first kappa shape index (κ1) is 15.3. The number of hydrogen-bond acceptors (Lipinski definition) is 2. The number of Topliss-reactive ketones (excluding diaryl/α,β-unsaturated/α-hetero) is 1. The van der Waals surface area contributed by atoms with Crippen LogP contribution in [-0.2, 0) is 15.0 Å². The van der Waals surface area contributed by atoms with E-state index < -0.39 is 0 Å². The molecular formula is C15H20FNO2. The standard InChI is InChI=1S/C15H20FNO2/c1-11(18)4-9-14(19)17-10-15(2,3)12-5-7-13(16)8-6-12/h5-8H,4,9-10H2,1-3H3,(H,17,19). The van der Waals surface area contributed by atoms with Crippen LogP contribution in [0.2, 0.25) is 0 Å². The Bertz CT molecular complexity index is 452. The van der Waals surface area contributed by atoms with E-state index >= 15 is 0 Å². The topological polar surface area (TPSA) is 46.2 Å². The summed E-state index contributed by atoms with van der Waals surface area (Å²) in [6, 6.07) is 6.26. The van der Waals surface area contributed by atoms with Crippen LogP contribution < -0.4 is 5.32 Å². The number of carbonyl (C=O) groups is 2. The molecule has 0 aromatic heterocycles. The van der Waals surface area contributed by atoms with Gasteiger partial charge in [0.15, 0.2) is 0 Å². The van der Waals surface area contributed by atoms with Gasteiger partial charge >= 0.3 is 0 Å². The van der Waals surface area contributed by atoms with Crippen LogP contribution >= 0.6 is 0 Å². The third-order valence-corrected chi connectivity index (χ3v) is 3.06. The van der Waals surface area contributed by atoms with E-state index in [2.05, 4.69) is 5.32 Å². The highest BCUT2D eigenvalue weighted by Gasteiger charge is 2.21. The molecule has 1 amide bonds. The van der Waals surface area contributed by atoms with Crippen molar-refractivity contribution in [1.29, 1.82) is 0 Å². The first-order valence-electron chi connectivity index (χ1n) is 6.33. The molecule has 19 heavy (non-hydrogen) atoms. The molecule has 3 nitrogen and oxygen atoms in total. The van der Waals surface area contributed by atoms with Crippen molar-refractivity contribution in [2.45, 2.75) is 39.0 Å². The van der Waals surface area contributed by atoms with Gasteiger partial charge in [-0.3, -0.25) is 4.79 Å². The van der Waals surface area contributed by atoms with Crippen molar-refractivity contribution in [1.82, 2.24) is 5.32 Å². The second-order valence-electron chi connectivity index (χ2n) is 5.37. The zero-order chi connectivity index (χ0) is 14.5. The van der Waals surface area contributed by atoms with E-state index in [-0.39, 0.29) is 35.8 Å². The second kappa shape index (κ2) is 6.45. The molecule has 0 radical (unpaired) electrons. The van der Waals surface area contributed by atoms with Crippen molar-refractivity contribution in [3.8, 4) is 0 Å². The zero-order valence-corrected chi connectivity index (χ0v) is 11.6. The van der Waals surface area contributed by atoms with Crippen molar-refractivity contribution in [2.75, 3.05) is 6.54 Å². The van der Waals surface area contributed by atoms with Crippen LogP contribution in [0.25, 0.3) is 0 Å². The fourth-order valence-electron chi connectivity index (χ4n) is 1.70. The first-order valence-corrected chi connectivity index (χ1v) is 6.33. The maximum absolute atomic E-state index is 12.9. The quantitative estimate of drug-likeness (QED) is 0.859. The normalized spacial score (nSPS) is 11.2. The summed E-state index contributed by atoms with van der Waals surface area (Å²) in [5, 5.41) is 2.81. The van der Waals surface area contributed by atoms with E-state index in [0.29, 0.717) is 6.54 Å². The Labute approximate surface area is 113 Å². The summed E-state index contributed by atoms with van der Waals surface area (Å²) in [7, 11) is 0. The zero-order valence-electron chi connectivity index (χ0n) is 11.6. The van der Waals surface area contributed by atoms with Crippen molar-refractivity contribution < 1.29 is 14.0 Å². The SMILES string of the molecule is CC(=O)CCC(=O)NCC(C)(C)c1ccc(F)cc1. The molecule has 0 saturated carbocycles. The fourth-order valence-corrected chi connectivity index (χ4v) is 1.70. The lowest BCUT2D eigenvalue weighted by Gasteiger charge is -2.25. The predicted octanol–water partition coefficient (Wildman–Crippen LogP) is 2.59. The van der Waals surface area contributed by atoms with Crippen molar-refractivity contribution >= 4 is 11.7 Å². The van der Waals surface area contributed by atoms with Crippen LogP contribution in [0.15, 0.2) is 24.3 Å². The van der Waals surface area contributed by atoms with Crippen molar-refractivity contribution in [3.05, 3.63) is 35.6 Å². The number of ketones is 1. The van der Waals surface area contributed by atoms with Gasteiger partial charge in [-0.2, -0.15) is 0 Å². The molecule has 0 aliphatic heterocycles. The summed E-state index contributed by atoms with van der Waals surface area (Å²) in [6.45, 7) is 5.88. The van der Waals surface area contributed by atoms with Crippen LogP contribution in [0, 0.1) is 5.82 Å². The minimum Gasteiger partial charge on any atom is -0.355 e. The molecule has 0 atom stereocenters. The van der Waals surface area contributed by atoms with E-state index in [9.17, 15) is 14.0 Å². The molecule has 104 valence electrons. The third kappa shape index (κ3) is 5.20. The predicted molar refractivity (Wildman–Crippen MR) is 72.4 cm³/mol. The molecule has 4 heteroatoms. The highest BCUT2D eigenvalue weighted by Crippen LogP contribution is 2.22. The lowest BCUT2D eigenvalue weighted by Crippen LogP contribution is -2.36. The number of halogens is 1. The van der Waals surface area contributed by atoms with Gasteiger partial charge in [-0.1, -0.05) is 26.0 Å². The Morgan fingerprint density at radius 1 is 1.16 bits per heavy atom. The number of rotatable bonds is 6. The van der Waals surface area contributed by atoms with Crippen LogP contribution in [0.1, 0.15) is 39.2 Å². The van der Waals surface area contributed by atoms with Gasteiger partial charge < -0.3 is 10.1 Å². The number of benzene rings is 1. The summed E-state index contributed by atoms with van der Waals surface area (Å²) < 4.78 is 12.9. The van der Waals surface area contributed by atoms with E-state index in [0.717, 1.165) is 5.56 Å². The van der Waals surface area contributed by atoms with Gasteiger partial charge in [0.25, 0.3) is 0 Å². The molecule has 0 aliphatic carbocycles. The Kier molecular flexibility index (Phi) is 5.21. The summed E-state index contributed by atoms with van der Waals surface area (Å²) in [4.78, 5) is 22.3. The molecule has 0 saturated heterocycles. The monoisotopic (exact) mass is 265 g/mol. The van der Waals surface area contributed by atoms with Gasteiger partial charge in [-0.05, 0) is 24.6 Å². The molecule has 0 bridgehead atoms. The number of carbonyl (C=O) groups excluding carboxylic acids is 2. The van der Waals surface area contributed by atoms with Crippen LogP contribution in [0.4, 0.5) is 4.39 Å². The van der Waals surface area contributed by atoms with Crippen LogP contribution in [0.3, 0.4) is 0 Å². The number of hydrogen-bond donors (Lipinski definition) is 1. The van der Waals surface area contributed by atoms with Gasteiger partial charge in [0, 0.05) is 24.8 Å². The van der Waals surface area contributed by atoms with E-state index in [1.807, 2.05) is 13.8 Å². The average molecular weight is 265 g/mol. The summed E-state index contributed by atoms with van der Waals surface area (Å²) in [5.74, 6) is -0.400. The van der Waals surface area contributed by atoms with Crippen molar-refractivity contribution in [3.63, 3.8) is 0 Å². The Morgan fingerprint density at radius 3 is 2.26 bits per heavy atom. The minimum atomic E-state index is -0.278. The van der Waals surface area contributed by atoms with E-state index in [4.69, 9.17) is 0 Å². The van der Waals surface area contributed by atoms with Gasteiger partial charge in [0.05, 0.1) is 0 Å². The number of amides is 1. The summed E-state index contributed by atoms with van der Waals surface area (Å²) in [6.07, 6.45) is 0.484. The van der Waals surface area contributed by atoms with Crippen LogP contribution in [-0.4, -0.2) is 18.2 Å². The fraction of sp³-hybridized carbons (Fsp3) is 0.467. The Morgan fingerprint density at radius 2 is 1.74 bits per heavy atom. The van der Waals surface area contributed by atoms with Gasteiger partial charge in [0.2, 0.25) is 5.91 Å². The largest absolute Gasteiger partial charge is 0.355 e. The maximum Gasteiger partial charge on any atom is 0.220 e. The van der Waals surface area contributed by atoms with E-state index in [1.54, 1.807) is 12.1 Å². The van der Waals surface area contributed by atoms with Gasteiger partial charge in [0.1, 0.15) is 11.6 Å². The smallest absolute Gasteiger partial charge is 0.220 e. The molecule has 1 aromatic rings. The summed E-state index contributed by atoms with van der Waals surface area (Å²) in [5.41, 5.74) is 0.681. The lowest BCUT2D eigenvalue weighted by molar-refractivity contribution is -0.124. The third-order valence-electron chi connectivity index (χ3n) is 3.06. The Balaban J connectivity index is 2.53. The maximum atomic E-state index is 12.9. The Hall–Kier alpha value is -1.71. The average Bonchev–Trinajstić information content (AvgIpc) is 2.34. The van der Waals surface area contributed by atoms with Gasteiger partial charge in [-0.25, -0.2) is 4.39 Å².